The summed E-state index contributed by atoms with van der Waals surface area (Å²) in [7, 11) is 0. The minimum absolute atomic E-state index is 0.0398. The fourth-order valence-electron chi connectivity index (χ4n) is 5.03. The molecule has 27 heavy (non-hydrogen) atoms. The highest BCUT2D eigenvalue weighted by atomic mass is 16.5. The summed E-state index contributed by atoms with van der Waals surface area (Å²) in [4.78, 5) is 15.1. The summed E-state index contributed by atoms with van der Waals surface area (Å²) < 4.78 is 13.0. The molecule has 2 saturated heterocycles. The van der Waals surface area contributed by atoms with E-state index in [2.05, 4.69) is 19.9 Å². The van der Waals surface area contributed by atoms with E-state index in [1.165, 1.54) is 0 Å². The Morgan fingerprint density at radius 3 is 2.63 bits per heavy atom. The molecule has 2 aromatic rings. The third kappa shape index (κ3) is 2.66. The van der Waals surface area contributed by atoms with Crippen LogP contribution in [0, 0.1) is 5.92 Å². The molecule has 3 aliphatic heterocycles. The van der Waals surface area contributed by atoms with Crippen molar-refractivity contribution in [2.24, 2.45) is 5.92 Å². The Balaban J connectivity index is 1.45. The van der Waals surface area contributed by atoms with Crippen LogP contribution in [0.2, 0.25) is 0 Å². The number of benzene rings is 2. The van der Waals surface area contributed by atoms with Crippen LogP contribution in [0.15, 0.2) is 54.6 Å². The van der Waals surface area contributed by atoms with Gasteiger partial charge in [-0.25, -0.2) is 0 Å². The number of rotatable bonds is 1. The number of fused-ring (bicyclic) bond motifs is 4. The van der Waals surface area contributed by atoms with E-state index in [1.54, 1.807) is 0 Å². The summed E-state index contributed by atoms with van der Waals surface area (Å²) in [6.45, 7) is 5.04. The topological polar surface area (TPSA) is 38.8 Å². The number of carbonyl (C=O) groups excluding carboxylic acids is 1. The molecule has 140 valence electrons. The fourth-order valence-corrected chi connectivity index (χ4v) is 5.03. The zero-order chi connectivity index (χ0) is 18.6. The van der Waals surface area contributed by atoms with Gasteiger partial charge in [-0.2, -0.15) is 0 Å². The van der Waals surface area contributed by atoms with Gasteiger partial charge in [0.15, 0.2) is 0 Å². The molecule has 1 amide bonds. The maximum atomic E-state index is 13.1. The fraction of sp³-hybridized carbons (Fsp3) is 0.435. The highest BCUT2D eigenvalue weighted by molar-refractivity contribution is 5.94. The van der Waals surface area contributed by atoms with Crippen molar-refractivity contribution in [3.05, 3.63) is 65.7 Å². The largest absolute Gasteiger partial charge is 0.487 e. The smallest absolute Gasteiger partial charge is 0.254 e. The third-order valence-corrected chi connectivity index (χ3v) is 6.44. The second-order valence-corrected chi connectivity index (χ2v) is 8.40. The number of nitrogens with zero attached hydrogens (tertiary/aromatic N) is 1. The third-order valence-electron chi connectivity index (χ3n) is 6.44. The first-order chi connectivity index (χ1) is 13.0. The molecule has 2 aromatic carbocycles. The maximum absolute atomic E-state index is 13.1. The average Bonchev–Trinajstić information content (AvgIpc) is 3.10. The first-order valence-corrected chi connectivity index (χ1v) is 9.84. The molecule has 4 heteroatoms. The molecule has 0 radical (unpaired) electrons. The van der Waals surface area contributed by atoms with E-state index in [-0.39, 0.29) is 35.7 Å². The zero-order valence-electron chi connectivity index (χ0n) is 15.8. The van der Waals surface area contributed by atoms with Crippen molar-refractivity contribution in [1.82, 2.24) is 4.90 Å². The van der Waals surface area contributed by atoms with Gasteiger partial charge in [-0.3, -0.25) is 4.79 Å². The lowest BCUT2D eigenvalue weighted by molar-refractivity contribution is -0.159. The van der Waals surface area contributed by atoms with Crippen LogP contribution in [0.5, 0.6) is 5.75 Å². The van der Waals surface area contributed by atoms with Crippen molar-refractivity contribution in [2.75, 3.05) is 6.54 Å². The molecule has 0 aromatic heterocycles. The summed E-state index contributed by atoms with van der Waals surface area (Å²) in [6.07, 6.45) is 1.95. The molecular weight excluding hydrogens is 338 g/mol. The Morgan fingerprint density at radius 2 is 1.81 bits per heavy atom. The summed E-state index contributed by atoms with van der Waals surface area (Å²) in [6, 6.07) is 17.9. The van der Waals surface area contributed by atoms with E-state index in [0.717, 1.165) is 36.3 Å². The summed E-state index contributed by atoms with van der Waals surface area (Å²) in [5.74, 6) is 1.26. The van der Waals surface area contributed by atoms with Crippen molar-refractivity contribution in [2.45, 2.75) is 50.5 Å². The molecule has 4 nitrogen and oxygen atoms in total. The highest BCUT2D eigenvalue weighted by Crippen LogP contribution is 2.52. The molecule has 3 heterocycles. The Hall–Kier alpha value is -2.33. The van der Waals surface area contributed by atoms with Crippen molar-refractivity contribution >= 4 is 5.91 Å². The van der Waals surface area contributed by atoms with Crippen LogP contribution in [0.1, 0.15) is 48.7 Å². The minimum Gasteiger partial charge on any atom is -0.487 e. The minimum atomic E-state index is -0.325. The molecule has 0 saturated carbocycles. The summed E-state index contributed by atoms with van der Waals surface area (Å²) >= 11 is 0. The average molecular weight is 363 g/mol. The SMILES string of the molecule is CC1(C)Oc2ccccc2[C@@H]2O[C@@H]3CCN(C(=O)c4ccccc4)[C@@H]3C[C@H]21. The molecule has 0 bridgehead atoms. The molecule has 0 spiro atoms. The molecule has 4 atom stereocenters. The Bertz CT molecular complexity index is 863. The van der Waals surface area contributed by atoms with E-state index >= 15 is 0 Å². The molecule has 0 N–H and O–H groups in total. The van der Waals surface area contributed by atoms with Crippen LogP contribution >= 0.6 is 0 Å². The number of likely N-dealkylation sites (tertiary alicyclic amines) is 1. The number of hydrogen-bond donors (Lipinski definition) is 0. The number of ether oxygens (including phenoxy) is 2. The predicted octanol–water partition coefficient (Wildman–Crippen LogP) is 4.22. The van der Waals surface area contributed by atoms with Gasteiger partial charge in [0.1, 0.15) is 11.4 Å². The van der Waals surface area contributed by atoms with E-state index < -0.39 is 0 Å². The lowest BCUT2D eigenvalue weighted by Crippen LogP contribution is -2.54. The monoisotopic (exact) mass is 363 g/mol. The molecule has 0 aliphatic carbocycles. The van der Waals surface area contributed by atoms with Gasteiger partial charge in [0.05, 0.1) is 18.2 Å². The highest BCUT2D eigenvalue weighted by Gasteiger charge is 2.53. The first kappa shape index (κ1) is 16.8. The van der Waals surface area contributed by atoms with E-state index in [0.29, 0.717) is 0 Å². The van der Waals surface area contributed by atoms with Crippen molar-refractivity contribution < 1.29 is 14.3 Å². The quantitative estimate of drug-likeness (QED) is 0.761. The molecule has 2 fully saturated rings. The van der Waals surface area contributed by atoms with Crippen LogP contribution in [0.25, 0.3) is 0 Å². The van der Waals surface area contributed by atoms with Gasteiger partial charge in [-0.05, 0) is 44.9 Å². The second-order valence-electron chi connectivity index (χ2n) is 8.40. The molecule has 5 rings (SSSR count). The van der Waals surface area contributed by atoms with Crippen LogP contribution in [-0.2, 0) is 4.74 Å². The van der Waals surface area contributed by atoms with Crippen LogP contribution in [-0.4, -0.2) is 35.1 Å². The van der Waals surface area contributed by atoms with Crippen LogP contribution < -0.4 is 4.74 Å². The molecular formula is C23H25NO3. The van der Waals surface area contributed by atoms with Gasteiger partial charge in [-0.15, -0.1) is 0 Å². The normalized spacial score (nSPS) is 30.7. The number of hydrogen-bond acceptors (Lipinski definition) is 3. The van der Waals surface area contributed by atoms with Gasteiger partial charge < -0.3 is 14.4 Å². The predicted molar refractivity (Wildman–Crippen MR) is 103 cm³/mol. The number of carbonyl (C=O) groups is 1. The summed E-state index contributed by atoms with van der Waals surface area (Å²) in [5.41, 5.74) is 1.58. The molecule has 0 unspecified atom stereocenters. The maximum Gasteiger partial charge on any atom is 0.254 e. The Kier molecular flexibility index (Phi) is 3.80. The van der Waals surface area contributed by atoms with Crippen LogP contribution in [0.3, 0.4) is 0 Å². The van der Waals surface area contributed by atoms with Crippen molar-refractivity contribution in [3.8, 4) is 5.75 Å². The van der Waals surface area contributed by atoms with Gasteiger partial charge in [-0.1, -0.05) is 36.4 Å². The Labute approximate surface area is 160 Å². The standard InChI is InChI=1S/C23H25NO3/c1-23(2)17-14-18-20(26-21(17)16-10-6-7-11-19(16)27-23)12-13-24(18)22(25)15-8-4-3-5-9-15/h3-11,17-18,20-21H,12-14H2,1-2H3/t17-,18-,20-,21+/m1/s1. The van der Waals surface area contributed by atoms with Gasteiger partial charge in [0.2, 0.25) is 0 Å². The van der Waals surface area contributed by atoms with Crippen LogP contribution in [0.4, 0.5) is 0 Å². The van der Waals surface area contributed by atoms with Crippen molar-refractivity contribution in [3.63, 3.8) is 0 Å². The Morgan fingerprint density at radius 1 is 1.07 bits per heavy atom. The van der Waals surface area contributed by atoms with Crippen molar-refractivity contribution in [1.29, 1.82) is 0 Å². The second kappa shape index (κ2) is 6.10. The van der Waals surface area contributed by atoms with E-state index in [9.17, 15) is 4.79 Å². The zero-order valence-corrected chi connectivity index (χ0v) is 15.8. The van der Waals surface area contributed by atoms with E-state index in [1.807, 2.05) is 53.4 Å². The number of para-hydroxylation sites is 1. The van der Waals surface area contributed by atoms with Gasteiger partial charge in [0, 0.05) is 23.6 Å². The lowest BCUT2D eigenvalue weighted by atomic mass is 9.74. The van der Waals surface area contributed by atoms with Gasteiger partial charge >= 0.3 is 0 Å². The lowest BCUT2D eigenvalue weighted by Gasteiger charge is -2.50. The summed E-state index contributed by atoms with van der Waals surface area (Å²) in [5, 5.41) is 0. The van der Waals surface area contributed by atoms with E-state index in [4.69, 9.17) is 9.47 Å². The number of amides is 1. The van der Waals surface area contributed by atoms with Gasteiger partial charge in [0.25, 0.3) is 5.91 Å². The first-order valence-electron chi connectivity index (χ1n) is 9.84. The molecule has 3 aliphatic rings.